The van der Waals surface area contributed by atoms with E-state index in [9.17, 15) is 28.0 Å². The van der Waals surface area contributed by atoms with E-state index in [0.29, 0.717) is 5.57 Å². The highest BCUT2D eigenvalue weighted by atomic mass is 79.9. The van der Waals surface area contributed by atoms with E-state index in [1.165, 1.54) is 6.07 Å². The van der Waals surface area contributed by atoms with Gasteiger partial charge in [-0.2, -0.15) is 18.4 Å². The highest BCUT2D eigenvalue weighted by molar-refractivity contribution is 9.10. The maximum absolute atomic E-state index is 13.0. The fourth-order valence-corrected chi connectivity index (χ4v) is 4.61. The lowest BCUT2D eigenvalue weighted by Crippen LogP contribution is -2.31. The number of benzene rings is 2. The minimum Gasteiger partial charge on any atom is -0.325 e. The molecule has 3 rings (SSSR count). The molecule has 2 aromatic carbocycles. The molecule has 32 heavy (non-hydrogen) atoms. The number of hydrogen-bond donors (Lipinski definition) is 2. The lowest BCUT2D eigenvalue weighted by atomic mass is 9.87. The molecule has 0 saturated heterocycles. The van der Waals surface area contributed by atoms with Crippen molar-refractivity contribution in [2.75, 3.05) is 11.1 Å². The monoisotopic (exact) mass is 543 g/mol. The second-order valence-corrected chi connectivity index (χ2v) is 9.05. The predicted octanol–water partition coefficient (Wildman–Crippen LogP) is 5.83. The number of allylic oxidation sites excluding steroid dienone is 1. The summed E-state index contributed by atoms with van der Waals surface area (Å²) >= 11 is 9.88. The van der Waals surface area contributed by atoms with Crippen LogP contribution in [0.25, 0.3) is 0 Å². The van der Waals surface area contributed by atoms with Gasteiger partial charge in [-0.1, -0.05) is 51.4 Å². The first-order valence-electron chi connectivity index (χ1n) is 9.07. The van der Waals surface area contributed by atoms with Gasteiger partial charge in [0, 0.05) is 22.5 Å². The Bertz CT molecular complexity index is 1150. The smallest absolute Gasteiger partial charge is 0.325 e. The zero-order valence-electron chi connectivity index (χ0n) is 16.1. The van der Waals surface area contributed by atoms with Crippen LogP contribution in [0.3, 0.4) is 0 Å². The molecule has 0 saturated carbocycles. The van der Waals surface area contributed by atoms with Crippen molar-refractivity contribution in [2.24, 2.45) is 0 Å². The third kappa shape index (κ3) is 5.85. The number of hydrogen-bond acceptors (Lipinski definition) is 4. The van der Waals surface area contributed by atoms with E-state index < -0.39 is 28.6 Å². The molecule has 5 nitrogen and oxygen atoms in total. The van der Waals surface area contributed by atoms with E-state index in [0.717, 1.165) is 33.9 Å². The predicted molar refractivity (Wildman–Crippen MR) is 120 cm³/mol. The van der Waals surface area contributed by atoms with Crippen molar-refractivity contribution in [3.8, 4) is 6.07 Å². The Kier molecular flexibility index (Phi) is 7.54. The molecule has 1 aliphatic heterocycles. The maximum atomic E-state index is 13.0. The van der Waals surface area contributed by atoms with Crippen LogP contribution in [0.5, 0.6) is 0 Å². The van der Waals surface area contributed by atoms with Crippen molar-refractivity contribution in [3.63, 3.8) is 0 Å². The molecular formula is C21H14BrClF3N3O2S. The van der Waals surface area contributed by atoms with Gasteiger partial charge in [0.15, 0.2) is 0 Å². The minimum absolute atomic E-state index is 0.0681. The summed E-state index contributed by atoms with van der Waals surface area (Å²) in [6.07, 6.45) is -4.58. The summed E-state index contributed by atoms with van der Waals surface area (Å²) in [4.78, 5) is 24.5. The van der Waals surface area contributed by atoms with Gasteiger partial charge in [0.2, 0.25) is 11.8 Å². The fraction of sp³-hybridized carbons (Fsp3) is 0.190. The number of carbonyl (C=O) groups is 2. The molecule has 2 amide bonds. The first-order chi connectivity index (χ1) is 15.1. The van der Waals surface area contributed by atoms with Crippen molar-refractivity contribution in [3.05, 3.63) is 73.7 Å². The quantitative estimate of drug-likeness (QED) is 0.496. The molecule has 2 N–H and O–H groups in total. The summed E-state index contributed by atoms with van der Waals surface area (Å²) in [5.41, 5.74) is -0.0440. The summed E-state index contributed by atoms with van der Waals surface area (Å²) < 4.78 is 39.8. The second-order valence-electron chi connectivity index (χ2n) is 6.74. The largest absolute Gasteiger partial charge is 0.417 e. The summed E-state index contributed by atoms with van der Waals surface area (Å²) in [7, 11) is 0. The minimum atomic E-state index is -4.66. The second kappa shape index (κ2) is 9.98. The molecule has 0 bridgehead atoms. The number of nitrogens with zero attached hydrogens (tertiary/aromatic N) is 1. The number of amides is 2. The van der Waals surface area contributed by atoms with Crippen LogP contribution in [-0.4, -0.2) is 17.6 Å². The van der Waals surface area contributed by atoms with Crippen LogP contribution in [0.15, 0.2) is 57.5 Å². The maximum Gasteiger partial charge on any atom is 0.417 e. The Morgan fingerprint density at radius 1 is 1.31 bits per heavy atom. The zero-order valence-corrected chi connectivity index (χ0v) is 19.3. The average Bonchev–Trinajstić information content (AvgIpc) is 2.72. The molecule has 11 heteroatoms. The van der Waals surface area contributed by atoms with Crippen LogP contribution in [0.4, 0.5) is 18.9 Å². The van der Waals surface area contributed by atoms with Crippen LogP contribution < -0.4 is 10.6 Å². The van der Waals surface area contributed by atoms with E-state index in [4.69, 9.17) is 11.6 Å². The van der Waals surface area contributed by atoms with E-state index in [2.05, 4.69) is 32.6 Å². The Balaban J connectivity index is 1.75. The molecule has 0 spiro atoms. The van der Waals surface area contributed by atoms with Crippen molar-refractivity contribution >= 4 is 56.8 Å². The highest BCUT2D eigenvalue weighted by Gasteiger charge is 2.33. The average molecular weight is 545 g/mol. The SMILES string of the molecule is N#CC1=C(SCC(=O)Nc2ccc(Cl)c(C(F)(F)F)c2)NC(=O)C[C@@H]1c1cccc(Br)c1. The molecule has 2 aromatic rings. The first-order valence-corrected chi connectivity index (χ1v) is 11.2. The van der Waals surface area contributed by atoms with Gasteiger partial charge in [-0.15, -0.1) is 0 Å². The standard InChI is InChI=1S/C21H14BrClF3N3O2S/c22-12-3-1-2-11(6-12)14-8-18(30)29-20(15(14)9-27)32-10-19(31)28-13-4-5-17(23)16(7-13)21(24,25)26/h1-7,14H,8,10H2,(H,28,31)(H,29,30)/t14-/m1/s1. The number of alkyl halides is 3. The zero-order chi connectivity index (χ0) is 23.5. The molecule has 0 aliphatic carbocycles. The summed E-state index contributed by atoms with van der Waals surface area (Å²) in [5.74, 6) is -1.60. The van der Waals surface area contributed by atoms with Crippen LogP contribution in [0, 0.1) is 11.3 Å². The van der Waals surface area contributed by atoms with Gasteiger partial charge in [0.05, 0.1) is 33.0 Å². The van der Waals surface area contributed by atoms with Gasteiger partial charge >= 0.3 is 6.18 Å². The number of carbonyl (C=O) groups excluding carboxylic acids is 2. The van der Waals surface area contributed by atoms with Gasteiger partial charge in [0.25, 0.3) is 0 Å². The number of nitriles is 1. The van der Waals surface area contributed by atoms with Crippen molar-refractivity contribution < 1.29 is 22.8 Å². The molecule has 1 aliphatic rings. The van der Waals surface area contributed by atoms with Crippen molar-refractivity contribution in [1.29, 1.82) is 5.26 Å². The molecule has 0 aromatic heterocycles. The normalized spacial score (nSPS) is 16.4. The van der Waals surface area contributed by atoms with Gasteiger partial charge in [-0.05, 0) is 35.9 Å². The first kappa shape index (κ1) is 24.2. The number of halogens is 5. The number of thioether (sulfide) groups is 1. The summed E-state index contributed by atoms with van der Waals surface area (Å²) in [6, 6.07) is 12.4. The lowest BCUT2D eigenvalue weighted by Gasteiger charge is -2.25. The van der Waals surface area contributed by atoms with E-state index in [-0.39, 0.29) is 28.8 Å². The van der Waals surface area contributed by atoms with Crippen molar-refractivity contribution in [2.45, 2.75) is 18.5 Å². The molecule has 0 radical (unpaired) electrons. The molecule has 1 heterocycles. The Hall–Kier alpha value is -2.48. The van der Waals surface area contributed by atoms with E-state index in [1.807, 2.05) is 12.1 Å². The van der Waals surface area contributed by atoms with Gasteiger partial charge < -0.3 is 10.6 Å². The van der Waals surface area contributed by atoms with Crippen molar-refractivity contribution in [1.82, 2.24) is 5.32 Å². The molecule has 1 atom stereocenters. The number of rotatable bonds is 5. The van der Waals surface area contributed by atoms with Crippen LogP contribution in [0.1, 0.15) is 23.5 Å². The van der Waals surface area contributed by atoms with E-state index in [1.54, 1.807) is 12.1 Å². The summed E-state index contributed by atoms with van der Waals surface area (Å²) in [5, 5.41) is 14.4. The van der Waals surface area contributed by atoms with Gasteiger partial charge in [0.1, 0.15) is 0 Å². The van der Waals surface area contributed by atoms with Crippen LogP contribution in [0.2, 0.25) is 5.02 Å². The topological polar surface area (TPSA) is 82.0 Å². The number of nitrogens with one attached hydrogen (secondary N) is 2. The lowest BCUT2D eigenvalue weighted by molar-refractivity contribution is -0.137. The fourth-order valence-electron chi connectivity index (χ4n) is 3.10. The van der Waals surface area contributed by atoms with Gasteiger partial charge in [-0.3, -0.25) is 9.59 Å². The van der Waals surface area contributed by atoms with E-state index >= 15 is 0 Å². The Labute approximate surface area is 199 Å². The molecule has 0 fully saturated rings. The molecular weight excluding hydrogens is 531 g/mol. The Morgan fingerprint density at radius 2 is 2.06 bits per heavy atom. The third-order valence-electron chi connectivity index (χ3n) is 4.51. The summed E-state index contributed by atoms with van der Waals surface area (Å²) in [6.45, 7) is 0. The van der Waals surface area contributed by atoms with Gasteiger partial charge in [-0.25, -0.2) is 0 Å². The van der Waals surface area contributed by atoms with Crippen LogP contribution >= 0.6 is 39.3 Å². The number of anilines is 1. The third-order valence-corrected chi connectivity index (χ3v) is 6.35. The Morgan fingerprint density at radius 3 is 2.72 bits per heavy atom. The molecule has 166 valence electrons. The van der Waals surface area contributed by atoms with Crippen LogP contribution in [-0.2, 0) is 15.8 Å². The molecule has 0 unspecified atom stereocenters. The highest BCUT2D eigenvalue weighted by Crippen LogP contribution is 2.38.